The topological polar surface area (TPSA) is 9.23 Å². The van der Waals surface area contributed by atoms with Crippen molar-refractivity contribution in [2.45, 2.75) is 33.1 Å². The molecule has 128 valence electrons. The summed E-state index contributed by atoms with van der Waals surface area (Å²) in [5.74, 6) is 0. The largest absolute Gasteiger partial charge is 2.00 e. The van der Waals surface area contributed by atoms with Crippen molar-refractivity contribution in [1.82, 2.24) is 0 Å². The van der Waals surface area contributed by atoms with Crippen molar-refractivity contribution in [1.29, 1.82) is 0 Å². The second-order valence-electron chi connectivity index (χ2n) is 2.61. The summed E-state index contributed by atoms with van der Waals surface area (Å²) in [7, 11) is 9.90. The molecule has 0 bridgehead atoms. The maximum Gasteiger partial charge on any atom is 2.00 e. The van der Waals surface area contributed by atoms with Gasteiger partial charge in [0.2, 0.25) is 0 Å². The molecule has 0 aromatic heterocycles. The van der Waals surface area contributed by atoms with Gasteiger partial charge < -0.3 is 42.5 Å². The van der Waals surface area contributed by atoms with Crippen LogP contribution >= 0.6 is 19.4 Å². The van der Waals surface area contributed by atoms with Crippen molar-refractivity contribution in [2.75, 3.05) is 13.2 Å². The zero-order valence-corrected chi connectivity index (χ0v) is 25.6. The zero-order chi connectivity index (χ0) is 17.1. The maximum atomic E-state index is 4.95. The Morgan fingerprint density at radius 1 is 0.870 bits per heavy atom. The Kier molecular flexibility index (Phi) is 190. The van der Waals surface area contributed by atoms with Crippen molar-refractivity contribution >= 4 is 42.4 Å². The molecule has 0 aliphatic carbocycles. The summed E-state index contributed by atoms with van der Waals surface area (Å²) in [6.07, 6.45) is 7.79. The first-order valence-electron chi connectivity index (χ1n) is 6.48. The van der Waals surface area contributed by atoms with Gasteiger partial charge in [-0.3, -0.25) is 0 Å². The van der Waals surface area contributed by atoms with Crippen LogP contribution in [-0.2, 0) is 39.4 Å². The molecule has 0 amide bonds. The van der Waals surface area contributed by atoms with Gasteiger partial charge in [-0.15, -0.1) is 38.0 Å². The summed E-state index contributed by atoms with van der Waals surface area (Å²) < 4.78 is 4.83. The molecule has 0 saturated heterocycles. The molecule has 0 aromatic rings. The van der Waals surface area contributed by atoms with Crippen LogP contribution in [0.2, 0.25) is 0 Å². The van der Waals surface area contributed by atoms with Crippen LogP contribution in [0.5, 0.6) is 0 Å². The number of allylic oxidation sites excluding steroid dienone is 3. The molecule has 0 saturated carbocycles. The van der Waals surface area contributed by atoms with Crippen molar-refractivity contribution < 1.29 is 56.3 Å². The smallest absolute Gasteiger partial charge is 2.00 e. The van der Waals surface area contributed by atoms with Crippen LogP contribution in [-0.4, -0.2) is 36.3 Å². The van der Waals surface area contributed by atoms with Gasteiger partial charge in [-0.2, -0.15) is 19.3 Å². The minimum absolute atomic E-state index is 0. The molecule has 1 nitrogen and oxygen atoms in total. The van der Waals surface area contributed by atoms with Crippen LogP contribution in [0.15, 0.2) is 38.0 Å². The number of rotatable bonds is 5. The summed E-state index contributed by atoms with van der Waals surface area (Å²) in [6, 6.07) is 0. The first-order valence-corrected chi connectivity index (χ1v) is 14.3. The molecule has 23 heavy (non-hydrogen) atoms. The summed E-state index contributed by atoms with van der Waals surface area (Å²) in [5, 5.41) is 0. The Hall–Kier alpha value is 2.25. The van der Waals surface area contributed by atoms with Crippen LogP contribution in [0, 0.1) is 20.8 Å². The van der Waals surface area contributed by atoms with Crippen molar-refractivity contribution in [3.05, 3.63) is 58.7 Å². The second kappa shape index (κ2) is 87.3. The van der Waals surface area contributed by atoms with E-state index < -0.39 is 15.1 Å². The zero-order valence-electron chi connectivity index (χ0n) is 15.2. The van der Waals surface area contributed by atoms with E-state index in [0.29, 0.717) is 0 Å². The summed E-state index contributed by atoms with van der Waals surface area (Å²) in [5.41, 5.74) is 0. The summed E-state index contributed by atoms with van der Waals surface area (Å²) in [4.78, 5) is 0. The molecule has 7 heteroatoms. The first-order chi connectivity index (χ1) is 9.57. The summed E-state index contributed by atoms with van der Waals surface area (Å²) >= 11 is -0.931. The molecule has 0 rings (SSSR count). The van der Waals surface area contributed by atoms with Gasteiger partial charge in [0.25, 0.3) is 0 Å². The van der Waals surface area contributed by atoms with E-state index in [9.17, 15) is 0 Å². The maximum absolute atomic E-state index is 4.95. The van der Waals surface area contributed by atoms with Crippen molar-refractivity contribution in [2.24, 2.45) is 0 Å². The van der Waals surface area contributed by atoms with Crippen molar-refractivity contribution in [3.63, 3.8) is 0 Å². The molecule has 0 radical (unpaired) electrons. The van der Waals surface area contributed by atoms with Gasteiger partial charge >= 0.3 is 77.1 Å². The average Bonchev–Trinajstić information content (AvgIpc) is 2.49. The first kappa shape index (κ1) is 49.9. The van der Waals surface area contributed by atoms with Crippen LogP contribution in [0.25, 0.3) is 0 Å². The van der Waals surface area contributed by atoms with Gasteiger partial charge in [-0.25, -0.2) is 0 Å². The fourth-order valence-corrected chi connectivity index (χ4v) is 0.204. The molecule has 0 fully saturated rings. The fraction of sp³-hybridized carbons (Fsp3) is 0.438. The van der Waals surface area contributed by atoms with Gasteiger partial charge in [0.1, 0.15) is 0 Å². The fourth-order valence-electron chi connectivity index (χ4n) is 0.204. The Labute approximate surface area is 201 Å². The van der Waals surface area contributed by atoms with Gasteiger partial charge in [-0.05, 0) is 13.8 Å². The van der Waals surface area contributed by atoms with E-state index in [2.05, 4.69) is 40.5 Å². The van der Waals surface area contributed by atoms with Gasteiger partial charge in [0.15, 0.2) is 0 Å². The molecule has 0 aliphatic rings. The van der Waals surface area contributed by atoms with Gasteiger partial charge in [-0.1, -0.05) is 0 Å². The van der Waals surface area contributed by atoms with E-state index in [1.54, 1.807) is 18.2 Å². The van der Waals surface area contributed by atoms with E-state index in [-0.39, 0.29) is 59.5 Å². The molecule has 0 N–H and O–H groups in total. The Morgan fingerprint density at radius 3 is 1.00 bits per heavy atom. The molecule has 0 aromatic carbocycles. The minimum atomic E-state index is -0.931. The third kappa shape index (κ3) is 228. The van der Waals surface area contributed by atoms with E-state index in [1.807, 2.05) is 13.8 Å². The number of halogens is 3. The third-order valence-corrected chi connectivity index (χ3v) is 1.02. The van der Waals surface area contributed by atoms with E-state index >= 15 is 0 Å². The predicted molar refractivity (Wildman–Crippen MR) is 100 cm³/mol. The summed E-state index contributed by atoms with van der Waals surface area (Å²) in [6.45, 7) is 26.4. The quantitative estimate of drug-likeness (QED) is 0.293. The molecule has 0 aliphatic heterocycles. The van der Waals surface area contributed by atoms with Gasteiger partial charge in [0, 0.05) is 13.2 Å². The van der Waals surface area contributed by atoms with Crippen LogP contribution in [0.1, 0.15) is 33.1 Å². The normalized spacial score (nSPS) is 5.52. The minimum Gasteiger partial charge on any atom is 2.00 e. The molecule has 0 heterocycles. The second-order valence-corrected chi connectivity index (χ2v) is 7.24. The number of hydrogen-bond donors (Lipinski definition) is 0. The van der Waals surface area contributed by atoms with Crippen LogP contribution in [0.4, 0.5) is 0 Å². The Bertz CT molecular complexity index is 137. The third-order valence-electron chi connectivity index (χ3n) is 1.02. The van der Waals surface area contributed by atoms with E-state index in [0.717, 1.165) is 32.5 Å². The molecular formula is C16H31BrCl2MgOZn2. The molecule has 0 spiro atoms. The van der Waals surface area contributed by atoms with Crippen LogP contribution in [0.3, 0.4) is 0 Å². The van der Waals surface area contributed by atoms with Crippen LogP contribution < -0.4 is 17.0 Å². The van der Waals surface area contributed by atoms with E-state index in [4.69, 9.17) is 24.1 Å². The predicted octanol–water partition coefficient (Wildman–Crippen LogP) is 3.23. The Balaban J connectivity index is -0.0000000199. The SMILES string of the molecule is C=CC[CH2-].C=CC[CH2-].C=CC[CH2-].CCOCC.[Br-].[Cl][Zn][Cl].[Mg+2].[Zn+2]. The number of ether oxygens (including phenoxy) is 1. The van der Waals surface area contributed by atoms with Gasteiger partial charge in [0.05, 0.1) is 0 Å². The van der Waals surface area contributed by atoms with Crippen molar-refractivity contribution in [3.8, 4) is 0 Å². The molecular weight excluding hydrogens is 514 g/mol. The Morgan fingerprint density at radius 2 is 1.00 bits per heavy atom. The standard InChI is InChI=1S/C4H10O.3C4H7.BrH.2ClH.Mg.2Zn/c1-3-5-4-2;3*1-3-4-2;;;;;;/h3-4H2,1-2H3;3*3H,1-2,4H2;3*1H;;;/q;3*-1;;;;3*+2/p-3. The molecule has 0 atom stereocenters. The monoisotopic (exact) mass is 540 g/mol. The molecule has 0 unspecified atom stereocenters. The average molecular weight is 545 g/mol. The number of hydrogen-bond acceptors (Lipinski definition) is 1. The van der Waals surface area contributed by atoms with E-state index in [1.165, 1.54) is 0 Å².